The Labute approximate surface area is 256 Å². The Hall–Kier alpha value is -4.20. The maximum Gasteiger partial charge on any atom is 0.245 e. The molecule has 3 aromatic heterocycles. The van der Waals surface area contributed by atoms with E-state index in [0.717, 1.165) is 71.9 Å². The molecule has 7 rings (SSSR count). The van der Waals surface area contributed by atoms with Crippen molar-refractivity contribution < 1.29 is 9.13 Å². The Kier molecular flexibility index (Phi) is 7.39. The van der Waals surface area contributed by atoms with Gasteiger partial charge in [-0.3, -0.25) is 9.88 Å². The quantitative estimate of drug-likeness (QED) is 0.255. The van der Waals surface area contributed by atoms with Gasteiger partial charge in [-0.2, -0.15) is 5.26 Å². The first-order chi connectivity index (χ1) is 21.4. The molecule has 0 saturated carbocycles. The highest BCUT2D eigenvalue weighted by Crippen LogP contribution is 2.41. The van der Waals surface area contributed by atoms with E-state index < -0.39 is 5.82 Å². The Morgan fingerprint density at radius 3 is 2.80 bits per heavy atom. The number of rotatable bonds is 6. The Balaban J connectivity index is 1.46. The van der Waals surface area contributed by atoms with Gasteiger partial charge in [0.05, 0.1) is 18.5 Å². The number of aromatic nitrogens is 5. The van der Waals surface area contributed by atoms with E-state index in [1.807, 2.05) is 55.1 Å². The van der Waals surface area contributed by atoms with Gasteiger partial charge in [-0.15, -0.1) is 5.10 Å². The lowest BCUT2D eigenvalue weighted by atomic mass is 9.92. The van der Waals surface area contributed by atoms with Gasteiger partial charge in [0.1, 0.15) is 17.1 Å². The third kappa shape index (κ3) is 4.75. The van der Waals surface area contributed by atoms with Crippen molar-refractivity contribution in [3.63, 3.8) is 0 Å². The van der Waals surface area contributed by atoms with Crippen LogP contribution in [0.15, 0.2) is 36.5 Å². The largest absolute Gasteiger partial charge is 0.471 e. The Morgan fingerprint density at radius 1 is 1.16 bits per heavy atom. The molecule has 10 heteroatoms. The number of nitrogens with zero attached hydrogens (tertiary/aromatic N) is 7. The number of aryl methyl sites for hydroxylation is 2. The topological polar surface area (TPSA) is 105 Å². The highest BCUT2D eigenvalue weighted by molar-refractivity contribution is 6.08. The summed E-state index contributed by atoms with van der Waals surface area (Å²) in [6.45, 7) is 7.69. The van der Waals surface area contributed by atoms with Crippen LogP contribution in [-0.4, -0.2) is 68.2 Å². The van der Waals surface area contributed by atoms with Crippen LogP contribution in [0.5, 0.6) is 5.88 Å². The fraction of sp³-hybridized carbons (Fsp3) is 0.441. The van der Waals surface area contributed by atoms with E-state index in [2.05, 4.69) is 45.6 Å². The number of benzene rings is 2. The summed E-state index contributed by atoms with van der Waals surface area (Å²) in [5.41, 5.74) is 4.31. The van der Waals surface area contributed by atoms with E-state index in [9.17, 15) is 5.26 Å². The average Bonchev–Trinajstić information content (AvgIpc) is 3.66. The first kappa shape index (κ1) is 28.6. The van der Waals surface area contributed by atoms with Crippen LogP contribution in [0.25, 0.3) is 43.8 Å². The molecule has 226 valence electrons. The first-order valence-corrected chi connectivity index (χ1v) is 15.5. The Bertz CT molecular complexity index is 1930. The van der Waals surface area contributed by atoms with Crippen LogP contribution >= 0.6 is 0 Å². The summed E-state index contributed by atoms with van der Waals surface area (Å²) < 4.78 is 25.6. The number of hydrogen-bond acceptors (Lipinski definition) is 8. The fourth-order valence-corrected chi connectivity index (χ4v) is 7.38. The molecule has 2 aromatic carbocycles. The molecule has 0 bridgehead atoms. The molecule has 0 amide bonds. The highest BCUT2D eigenvalue weighted by Gasteiger charge is 2.32. The molecule has 1 N–H and O–H groups in total. The van der Waals surface area contributed by atoms with Gasteiger partial charge in [-0.25, -0.2) is 14.1 Å². The maximum atomic E-state index is 17.1. The van der Waals surface area contributed by atoms with Crippen LogP contribution in [0.4, 0.5) is 4.39 Å². The summed E-state index contributed by atoms with van der Waals surface area (Å²) in [5, 5.41) is 24.6. The van der Waals surface area contributed by atoms with Gasteiger partial charge in [0, 0.05) is 45.9 Å². The minimum atomic E-state index is -0.404. The molecule has 44 heavy (non-hydrogen) atoms. The second kappa shape index (κ2) is 11.4. The number of nitrogens with one attached hydrogen (secondary N) is 1. The van der Waals surface area contributed by atoms with Crippen molar-refractivity contribution in [1.29, 1.82) is 5.26 Å². The van der Waals surface area contributed by atoms with E-state index in [1.165, 1.54) is 0 Å². The van der Waals surface area contributed by atoms with Crippen LogP contribution in [0.3, 0.4) is 0 Å². The molecule has 2 aliphatic rings. The number of pyridine rings is 2. The number of fused-ring (bicyclic) bond motifs is 4. The SMILES string of the molecule is Cc1cc2c(nc(O[C@@H](C)[C@@H]3CCCN3C)c3nnn([C@H]4CCN[C@H](CC#N)C4)c32)c(F)c1-c1c(C)ncc2ccccc12. The molecule has 4 atom stereocenters. The summed E-state index contributed by atoms with van der Waals surface area (Å²) in [6.07, 6.45) is 5.78. The number of likely N-dealkylation sites (tertiary alicyclic amines) is 1. The van der Waals surface area contributed by atoms with Crippen LogP contribution in [0.1, 0.15) is 56.3 Å². The lowest BCUT2D eigenvalue weighted by molar-refractivity contribution is 0.118. The minimum Gasteiger partial charge on any atom is -0.471 e. The van der Waals surface area contributed by atoms with Crippen molar-refractivity contribution in [3.8, 4) is 23.1 Å². The van der Waals surface area contributed by atoms with Gasteiger partial charge in [-0.05, 0) is 83.6 Å². The van der Waals surface area contributed by atoms with Crippen LogP contribution in [-0.2, 0) is 0 Å². The third-order valence-corrected chi connectivity index (χ3v) is 9.61. The minimum absolute atomic E-state index is 0.00370. The standard InChI is InChI=1S/C34H37FN8O/c1-19-16-26-31(30(35)28(19)29-20(2)38-18-22-8-5-6-9-25(22)29)39-34(44-21(3)27-10-7-15-42(27)4)32-33(26)43(41-40-32)24-12-14-37-23(17-24)11-13-36/h5-6,8-9,16,18,21,23-24,27,37H,7,10-12,14-15,17H2,1-4H3/t21-,23+,24-,27-/m0/s1. The smallest absolute Gasteiger partial charge is 0.245 e. The van der Waals surface area contributed by atoms with E-state index in [4.69, 9.17) is 9.72 Å². The molecule has 0 aliphatic carbocycles. The summed E-state index contributed by atoms with van der Waals surface area (Å²) >= 11 is 0. The summed E-state index contributed by atoms with van der Waals surface area (Å²) in [4.78, 5) is 11.8. The van der Waals surface area contributed by atoms with Crippen LogP contribution in [0.2, 0.25) is 0 Å². The molecule has 9 nitrogen and oxygen atoms in total. The van der Waals surface area contributed by atoms with Gasteiger partial charge in [-0.1, -0.05) is 29.5 Å². The molecule has 2 saturated heterocycles. The predicted octanol–water partition coefficient (Wildman–Crippen LogP) is 6.02. The summed E-state index contributed by atoms with van der Waals surface area (Å²) in [6, 6.07) is 12.5. The van der Waals surface area contributed by atoms with E-state index in [1.54, 1.807) is 0 Å². The number of ether oxygens (including phenoxy) is 1. The number of nitriles is 1. The van der Waals surface area contributed by atoms with Crippen molar-refractivity contribution in [3.05, 3.63) is 53.6 Å². The molecular weight excluding hydrogens is 555 g/mol. The number of piperidine rings is 1. The lowest BCUT2D eigenvalue weighted by Crippen LogP contribution is -2.39. The predicted molar refractivity (Wildman–Crippen MR) is 169 cm³/mol. The molecule has 2 aliphatic heterocycles. The zero-order valence-electron chi connectivity index (χ0n) is 25.6. The number of hydrogen-bond donors (Lipinski definition) is 1. The van der Waals surface area contributed by atoms with Gasteiger partial charge >= 0.3 is 0 Å². The second-order valence-electron chi connectivity index (χ2n) is 12.4. The lowest BCUT2D eigenvalue weighted by Gasteiger charge is -2.29. The van der Waals surface area contributed by atoms with Crippen molar-refractivity contribution in [1.82, 2.24) is 35.2 Å². The third-order valence-electron chi connectivity index (χ3n) is 9.61. The van der Waals surface area contributed by atoms with Crippen molar-refractivity contribution >= 4 is 32.7 Å². The van der Waals surface area contributed by atoms with Crippen LogP contribution < -0.4 is 10.1 Å². The van der Waals surface area contributed by atoms with Gasteiger partial charge in [0.15, 0.2) is 11.3 Å². The average molecular weight is 593 g/mol. The van der Waals surface area contributed by atoms with E-state index in [-0.39, 0.29) is 29.7 Å². The van der Waals surface area contributed by atoms with Crippen molar-refractivity contribution in [2.75, 3.05) is 20.1 Å². The molecule has 0 radical (unpaired) electrons. The maximum absolute atomic E-state index is 17.1. The molecule has 0 spiro atoms. The summed E-state index contributed by atoms with van der Waals surface area (Å²) in [7, 11) is 2.11. The van der Waals surface area contributed by atoms with Crippen molar-refractivity contribution in [2.24, 2.45) is 0 Å². The molecule has 5 aromatic rings. The van der Waals surface area contributed by atoms with Gasteiger partial charge < -0.3 is 10.1 Å². The van der Waals surface area contributed by atoms with Gasteiger partial charge in [0.2, 0.25) is 5.88 Å². The fourth-order valence-electron chi connectivity index (χ4n) is 7.38. The highest BCUT2D eigenvalue weighted by atomic mass is 19.1. The first-order valence-electron chi connectivity index (χ1n) is 15.5. The summed E-state index contributed by atoms with van der Waals surface area (Å²) in [5.74, 6) is -0.102. The number of likely N-dealkylation sites (N-methyl/N-ethyl adjacent to an activating group) is 1. The Morgan fingerprint density at radius 2 is 2.00 bits per heavy atom. The van der Waals surface area contributed by atoms with Crippen LogP contribution in [0, 0.1) is 31.0 Å². The molecule has 2 fully saturated rings. The van der Waals surface area contributed by atoms with Gasteiger partial charge in [0.25, 0.3) is 0 Å². The van der Waals surface area contributed by atoms with E-state index >= 15 is 4.39 Å². The molecule has 0 unspecified atom stereocenters. The zero-order chi connectivity index (χ0) is 30.5. The van der Waals surface area contributed by atoms with E-state index in [0.29, 0.717) is 28.8 Å². The van der Waals surface area contributed by atoms with Crippen molar-refractivity contribution in [2.45, 2.75) is 77.1 Å². The normalized spacial score (nSPS) is 21.7. The zero-order valence-corrected chi connectivity index (χ0v) is 25.6. The second-order valence-corrected chi connectivity index (χ2v) is 12.4. The molecular formula is C34H37FN8O. The number of halogens is 1. The monoisotopic (exact) mass is 592 g/mol. The molecule has 5 heterocycles.